The fourth-order valence-electron chi connectivity index (χ4n) is 4.57. The number of rotatable bonds is 7. The molecular formula is C26H30N4O4. The fraction of sp³-hybridized carbons (Fsp3) is 0.346. The van der Waals surface area contributed by atoms with Crippen LogP contribution in [-0.2, 0) is 15.1 Å². The summed E-state index contributed by atoms with van der Waals surface area (Å²) in [4.78, 5) is 27.4. The zero-order valence-electron chi connectivity index (χ0n) is 19.3. The minimum absolute atomic E-state index is 0.433. The first-order chi connectivity index (χ1) is 16.3. The third-order valence-corrected chi connectivity index (χ3v) is 6.64. The molecule has 0 aliphatic carbocycles. The van der Waals surface area contributed by atoms with Crippen molar-refractivity contribution in [1.82, 2.24) is 20.0 Å². The Labute approximate surface area is 198 Å². The standard InChI is InChI=1S/C26H30N4O4/c1-18(19-10-12-21(13-11-19)30-17-7-15-27-30)28-24(33)22(31)23(32)25(34)29-16-6-14-26(29,2)20-8-4-3-5-9-20/h3-5,7-13,15,17-18,22-23,31-32H,6,14,16H2,1-2H3,(H,28,33)/t18-,22-,23-,26?/m1/s1. The average molecular weight is 463 g/mol. The highest BCUT2D eigenvalue weighted by atomic mass is 16.3. The van der Waals surface area contributed by atoms with Gasteiger partial charge in [-0.1, -0.05) is 42.5 Å². The number of nitrogens with one attached hydrogen (secondary N) is 1. The third-order valence-electron chi connectivity index (χ3n) is 6.64. The summed E-state index contributed by atoms with van der Waals surface area (Å²) in [5.74, 6) is -1.45. The number of aliphatic hydroxyl groups is 2. The van der Waals surface area contributed by atoms with Crippen molar-refractivity contribution in [2.45, 2.75) is 50.5 Å². The van der Waals surface area contributed by atoms with E-state index in [1.54, 1.807) is 22.7 Å². The van der Waals surface area contributed by atoms with E-state index in [2.05, 4.69) is 10.4 Å². The molecule has 0 radical (unpaired) electrons. The molecule has 8 nitrogen and oxygen atoms in total. The zero-order valence-corrected chi connectivity index (χ0v) is 19.3. The number of nitrogens with zero attached hydrogens (tertiary/aromatic N) is 3. The minimum Gasteiger partial charge on any atom is -0.380 e. The van der Waals surface area contributed by atoms with Crippen molar-refractivity contribution in [2.24, 2.45) is 0 Å². The lowest BCUT2D eigenvalue weighted by Gasteiger charge is -2.37. The Kier molecular flexibility index (Phi) is 6.81. The molecule has 0 saturated carbocycles. The maximum Gasteiger partial charge on any atom is 0.255 e. The quantitative estimate of drug-likeness (QED) is 0.500. The largest absolute Gasteiger partial charge is 0.380 e. The Morgan fingerprint density at radius 1 is 1.03 bits per heavy atom. The molecular weight excluding hydrogens is 432 g/mol. The number of aromatic nitrogens is 2. The van der Waals surface area contributed by atoms with Crippen LogP contribution in [0.4, 0.5) is 0 Å². The smallest absolute Gasteiger partial charge is 0.255 e. The van der Waals surface area contributed by atoms with Crippen molar-refractivity contribution in [3.8, 4) is 5.69 Å². The van der Waals surface area contributed by atoms with E-state index in [1.165, 1.54) is 0 Å². The number of benzene rings is 2. The van der Waals surface area contributed by atoms with Gasteiger partial charge in [0.05, 0.1) is 17.3 Å². The van der Waals surface area contributed by atoms with Crippen molar-refractivity contribution >= 4 is 11.8 Å². The van der Waals surface area contributed by atoms with Crippen LogP contribution in [0, 0.1) is 0 Å². The topological polar surface area (TPSA) is 108 Å². The number of amides is 2. The van der Waals surface area contributed by atoms with Gasteiger partial charge in [0.15, 0.2) is 12.2 Å². The molecule has 0 bridgehead atoms. The molecule has 2 aromatic carbocycles. The van der Waals surface area contributed by atoms with E-state index in [1.807, 2.05) is 73.8 Å². The summed E-state index contributed by atoms with van der Waals surface area (Å²) in [5.41, 5.74) is 2.05. The van der Waals surface area contributed by atoms with Gasteiger partial charge in [0.2, 0.25) is 0 Å². The van der Waals surface area contributed by atoms with Crippen molar-refractivity contribution in [3.05, 3.63) is 84.2 Å². The van der Waals surface area contributed by atoms with E-state index in [9.17, 15) is 19.8 Å². The number of aliphatic hydroxyl groups excluding tert-OH is 2. The number of carbonyl (C=O) groups is 2. The van der Waals surface area contributed by atoms with Crippen LogP contribution in [0.3, 0.4) is 0 Å². The summed E-state index contributed by atoms with van der Waals surface area (Å²) in [6.07, 6.45) is 1.31. The first-order valence-electron chi connectivity index (χ1n) is 11.4. The molecule has 1 aliphatic rings. The first-order valence-corrected chi connectivity index (χ1v) is 11.4. The van der Waals surface area contributed by atoms with Gasteiger partial charge in [-0.05, 0) is 56.0 Å². The number of likely N-dealkylation sites (tertiary alicyclic amines) is 1. The van der Waals surface area contributed by atoms with Gasteiger partial charge in [0.1, 0.15) is 0 Å². The molecule has 1 fully saturated rings. The van der Waals surface area contributed by atoms with Gasteiger partial charge in [-0.25, -0.2) is 4.68 Å². The van der Waals surface area contributed by atoms with Gasteiger partial charge >= 0.3 is 0 Å². The zero-order chi connectivity index (χ0) is 24.3. The predicted octanol–water partition coefficient (Wildman–Crippen LogP) is 2.31. The fourth-order valence-corrected chi connectivity index (χ4v) is 4.57. The van der Waals surface area contributed by atoms with Crippen LogP contribution < -0.4 is 5.32 Å². The highest BCUT2D eigenvalue weighted by Gasteiger charge is 2.45. The van der Waals surface area contributed by atoms with Crippen LogP contribution in [0.2, 0.25) is 0 Å². The summed E-state index contributed by atoms with van der Waals surface area (Å²) < 4.78 is 1.72. The molecule has 1 aliphatic heterocycles. The number of hydrogen-bond donors (Lipinski definition) is 3. The molecule has 1 saturated heterocycles. The highest BCUT2D eigenvalue weighted by Crippen LogP contribution is 2.39. The van der Waals surface area contributed by atoms with Gasteiger partial charge in [-0.3, -0.25) is 9.59 Å². The Morgan fingerprint density at radius 2 is 1.74 bits per heavy atom. The van der Waals surface area contributed by atoms with Crippen LogP contribution in [-0.4, -0.2) is 55.5 Å². The molecule has 178 valence electrons. The predicted molar refractivity (Wildman–Crippen MR) is 127 cm³/mol. The SMILES string of the molecule is C[C@@H](NC(=O)[C@H](O)[C@@H](O)C(=O)N1CCCC1(C)c1ccccc1)c1ccc(-n2cccn2)cc1. The normalized spacial score (nSPS) is 20.5. The van der Waals surface area contributed by atoms with Crippen LogP contribution in [0.25, 0.3) is 5.69 Å². The summed E-state index contributed by atoms with van der Waals surface area (Å²) in [5, 5.41) is 28.0. The summed E-state index contributed by atoms with van der Waals surface area (Å²) in [7, 11) is 0. The lowest BCUT2D eigenvalue weighted by molar-refractivity contribution is -0.156. The van der Waals surface area contributed by atoms with Crippen molar-refractivity contribution in [2.75, 3.05) is 6.54 Å². The molecule has 0 spiro atoms. The Hall–Kier alpha value is -3.49. The molecule has 2 amide bonds. The maximum atomic E-state index is 13.1. The van der Waals surface area contributed by atoms with E-state index in [0.717, 1.165) is 29.7 Å². The van der Waals surface area contributed by atoms with E-state index < -0.39 is 35.6 Å². The monoisotopic (exact) mass is 462 g/mol. The third kappa shape index (κ3) is 4.60. The summed E-state index contributed by atoms with van der Waals surface area (Å²) >= 11 is 0. The molecule has 1 aromatic heterocycles. The van der Waals surface area contributed by atoms with E-state index in [-0.39, 0.29) is 0 Å². The van der Waals surface area contributed by atoms with Gasteiger partial charge in [0, 0.05) is 18.9 Å². The van der Waals surface area contributed by atoms with Crippen molar-refractivity contribution < 1.29 is 19.8 Å². The second kappa shape index (κ2) is 9.79. The van der Waals surface area contributed by atoms with E-state index in [4.69, 9.17) is 0 Å². The number of hydrogen-bond acceptors (Lipinski definition) is 5. The molecule has 1 unspecified atom stereocenters. The molecule has 3 aromatic rings. The Balaban J connectivity index is 1.40. The van der Waals surface area contributed by atoms with Crippen molar-refractivity contribution in [1.29, 1.82) is 0 Å². The van der Waals surface area contributed by atoms with Gasteiger partial charge in [-0.2, -0.15) is 5.10 Å². The second-order valence-corrected chi connectivity index (χ2v) is 8.90. The molecule has 4 atom stereocenters. The first kappa shape index (κ1) is 23.7. The van der Waals surface area contributed by atoms with Crippen LogP contribution in [0.5, 0.6) is 0 Å². The van der Waals surface area contributed by atoms with E-state index in [0.29, 0.717) is 6.54 Å². The molecule has 3 N–H and O–H groups in total. The lowest BCUT2D eigenvalue weighted by Crippen LogP contribution is -2.54. The van der Waals surface area contributed by atoms with Crippen LogP contribution >= 0.6 is 0 Å². The lowest BCUT2D eigenvalue weighted by atomic mass is 9.89. The Morgan fingerprint density at radius 3 is 2.38 bits per heavy atom. The molecule has 2 heterocycles. The van der Waals surface area contributed by atoms with Crippen molar-refractivity contribution in [3.63, 3.8) is 0 Å². The molecule has 4 rings (SSSR count). The van der Waals surface area contributed by atoms with Gasteiger partial charge in [-0.15, -0.1) is 0 Å². The van der Waals surface area contributed by atoms with Gasteiger partial charge < -0.3 is 20.4 Å². The summed E-state index contributed by atoms with van der Waals surface area (Å²) in [6.45, 7) is 4.17. The molecule has 34 heavy (non-hydrogen) atoms. The Bertz CT molecular complexity index is 1120. The maximum absolute atomic E-state index is 13.1. The molecule has 8 heteroatoms. The minimum atomic E-state index is -1.88. The van der Waals surface area contributed by atoms with Gasteiger partial charge in [0.25, 0.3) is 11.8 Å². The second-order valence-electron chi connectivity index (χ2n) is 8.90. The van der Waals surface area contributed by atoms with E-state index >= 15 is 0 Å². The summed E-state index contributed by atoms with van der Waals surface area (Å²) in [6, 6.07) is 18.5. The average Bonchev–Trinajstić information content (AvgIpc) is 3.54. The van der Waals surface area contributed by atoms with Crippen LogP contribution in [0.1, 0.15) is 43.9 Å². The van der Waals surface area contributed by atoms with Crippen LogP contribution in [0.15, 0.2) is 73.1 Å². The number of carbonyl (C=O) groups excluding carboxylic acids is 2. The highest BCUT2D eigenvalue weighted by molar-refractivity contribution is 5.91.